The number of Topliss-reactive ketones (excluding diaryl/α,β-unsaturated/α-hetero) is 1. The van der Waals surface area contributed by atoms with Gasteiger partial charge in [0.1, 0.15) is 6.61 Å². The van der Waals surface area contributed by atoms with Crippen LogP contribution >= 0.6 is 27.3 Å². The zero-order chi connectivity index (χ0) is 22.3. The van der Waals surface area contributed by atoms with Crippen molar-refractivity contribution in [3.05, 3.63) is 32.4 Å². The molecule has 4 aliphatic carbocycles. The number of hydrogen-bond donors (Lipinski definition) is 1. The summed E-state index contributed by atoms with van der Waals surface area (Å²) in [5, 5.41) is 9.98. The number of aliphatic hydroxyl groups is 1. The van der Waals surface area contributed by atoms with Crippen LogP contribution in [-0.4, -0.2) is 35.0 Å². The molecule has 32 heavy (non-hydrogen) atoms. The summed E-state index contributed by atoms with van der Waals surface area (Å²) >= 11 is 5.07. The number of aliphatic hydroxyl groups excluding tert-OH is 1. The Hall–Kier alpha value is -0.860. The van der Waals surface area contributed by atoms with Crippen LogP contribution in [0.4, 0.5) is 0 Å². The van der Waals surface area contributed by atoms with Gasteiger partial charge in [0.25, 0.3) is 0 Å². The number of fused-ring (bicyclic) bond motifs is 7. The lowest BCUT2D eigenvalue weighted by Crippen LogP contribution is -2.59. The van der Waals surface area contributed by atoms with Crippen LogP contribution in [-0.2, 0) is 19.1 Å². The molecule has 5 aliphatic rings. The predicted molar refractivity (Wildman–Crippen MR) is 123 cm³/mol. The molecule has 8 atom stereocenters. The minimum Gasteiger partial charge on any atom is -0.388 e. The third-order valence-corrected chi connectivity index (χ3v) is 11.1. The van der Waals surface area contributed by atoms with E-state index in [1.165, 1.54) is 5.57 Å². The first-order valence-electron chi connectivity index (χ1n) is 11.8. The highest BCUT2D eigenvalue weighted by molar-refractivity contribution is 9.11. The van der Waals surface area contributed by atoms with Crippen LogP contribution in [0.5, 0.6) is 0 Å². The molecule has 1 saturated heterocycles. The maximum absolute atomic E-state index is 13.4. The zero-order valence-electron chi connectivity index (χ0n) is 18.2. The summed E-state index contributed by atoms with van der Waals surface area (Å²) in [7, 11) is 0. The van der Waals surface area contributed by atoms with Crippen LogP contribution in [0.15, 0.2) is 27.6 Å². The molecule has 4 fully saturated rings. The standard InChI is InChI=1S/C25H29BrO5S/c1-24-9-8-16-15-5-3-14(28)10-13(15)2-4-17(16)18(24)11-21-25(24,20(29)12-27)31-23(30-21)19-6-7-22(26)32-19/h6-7,10,15-18,21,23,27H,2-5,8-9,11-12H2,1H3/t15-,16+,17+,18-,21+,23+,24-,25+/m0/s1. The van der Waals surface area contributed by atoms with Crippen molar-refractivity contribution in [1.82, 2.24) is 0 Å². The van der Waals surface area contributed by atoms with E-state index < -0.39 is 18.5 Å². The van der Waals surface area contributed by atoms with Crippen molar-refractivity contribution in [2.24, 2.45) is 29.1 Å². The number of rotatable bonds is 3. The van der Waals surface area contributed by atoms with Gasteiger partial charge in [-0.25, -0.2) is 0 Å². The number of allylic oxidation sites excluding steroid dienone is 1. The monoisotopic (exact) mass is 520 g/mol. The molecule has 7 heteroatoms. The van der Waals surface area contributed by atoms with E-state index >= 15 is 0 Å². The first-order valence-corrected chi connectivity index (χ1v) is 13.4. The summed E-state index contributed by atoms with van der Waals surface area (Å²) < 4.78 is 14.0. The van der Waals surface area contributed by atoms with Gasteiger partial charge in [-0.2, -0.15) is 0 Å². The van der Waals surface area contributed by atoms with Gasteiger partial charge in [0.2, 0.25) is 0 Å². The normalized spacial score (nSPS) is 45.0. The van der Waals surface area contributed by atoms with Crippen molar-refractivity contribution in [1.29, 1.82) is 0 Å². The molecule has 1 aromatic heterocycles. The van der Waals surface area contributed by atoms with E-state index in [4.69, 9.17) is 9.47 Å². The molecule has 0 unspecified atom stereocenters. The molecule has 172 valence electrons. The number of ether oxygens (including phenoxy) is 2. The van der Waals surface area contributed by atoms with Gasteiger partial charge in [-0.3, -0.25) is 9.59 Å². The van der Waals surface area contributed by atoms with Gasteiger partial charge < -0.3 is 14.6 Å². The fourth-order valence-corrected chi connectivity index (χ4v) is 9.52. The Labute approximate surface area is 200 Å². The predicted octanol–water partition coefficient (Wildman–Crippen LogP) is 4.98. The molecular formula is C25H29BrO5S. The molecule has 0 amide bonds. The topological polar surface area (TPSA) is 72.8 Å². The molecule has 0 spiro atoms. The number of thiophene rings is 1. The van der Waals surface area contributed by atoms with Gasteiger partial charge in [-0.05, 0) is 96.3 Å². The summed E-state index contributed by atoms with van der Waals surface area (Å²) in [6, 6.07) is 3.95. The van der Waals surface area contributed by atoms with E-state index in [1.54, 1.807) is 11.3 Å². The van der Waals surface area contributed by atoms with Gasteiger partial charge in [-0.1, -0.05) is 12.5 Å². The number of ketones is 2. The molecule has 0 radical (unpaired) electrons. The van der Waals surface area contributed by atoms with Gasteiger partial charge in [-0.15, -0.1) is 11.3 Å². The maximum Gasteiger partial charge on any atom is 0.194 e. The molecule has 2 heterocycles. The second-order valence-electron chi connectivity index (χ2n) is 10.5. The van der Waals surface area contributed by atoms with Crippen molar-refractivity contribution in [2.45, 2.75) is 69.9 Å². The lowest BCUT2D eigenvalue weighted by molar-refractivity contribution is -0.185. The molecular weight excluding hydrogens is 492 g/mol. The summed E-state index contributed by atoms with van der Waals surface area (Å²) in [6.07, 6.45) is 7.47. The summed E-state index contributed by atoms with van der Waals surface area (Å²) in [5.74, 6) is 1.98. The van der Waals surface area contributed by atoms with Crippen LogP contribution < -0.4 is 0 Å². The van der Waals surface area contributed by atoms with E-state index in [-0.39, 0.29) is 23.1 Å². The first-order chi connectivity index (χ1) is 15.4. The third kappa shape index (κ3) is 2.84. The maximum atomic E-state index is 13.4. The number of halogens is 1. The van der Waals surface area contributed by atoms with E-state index in [2.05, 4.69) is 22.9 Å². The largest absolute Gasteiger partial charge is 0.388 e. The fourth-order valence-electron chi connectivity index (χ4n) is 8.13. The number of carbonyl (C=O) groups is 2. The van der Waals surface area contributed by atoms with Crippen LogP contribution in [0.25, 0.3) is 0 Å². The molecule has 6 rings (SSSR count). The molecule has 5 nitrogen and oxygen atoms in total. The zero-order valence-corrected chi connectivity index (χ0v) is 20.6. The van der Waals surface area contributed by atoms with Gasteiger partial charge >= 0.3 is 0 Å². The highest BCUT2D eigenvalue weighted by atomic mass is 79.9. The molecule has 3 saturated carbocycles. The van der Waals surface area contributed by atoms with E-state index in [9.17, 15) is 14.7 Å². The Morgan fingerprint density at radius 3 is 2.84 bits per heavy atom. The highest BCUT2D eigenvalue weighted by Crippen LogP contribution is 2.69. The lowest BCUT2D eigenvalue weighted by atomic mass is 9.50. The summed E-state index contributed by atoms with van der Waals surface area (Å²) in [6.45, 7) is 1.70. The van der Waals surface area contributed by atoms with Crippen molar-refractivity contribution in [3.63, 3.8) is 0 Å². The highest BCUT2D eigenvalue weighted by Gasteiger charge is 2.74. The van der Waals surface area contributed by atoms with Crippen molar-refractivity contribution >= 4 is 38.8 Å². The molecule has 1 aromatic rings. The Balaban J connectivity index is 1.35. The minimum absolute atomic E-state index is 0.233. The molecule has 1 N–H and O–H groups in total. The average Bonchev–Trinajstić information content (AvgIpc) is 3.44. The Morgan fingerprint density at radius 2 is 2.09 bits per heavy atom. The van der Waals surface area contributed by atoms with Crippen LogP contribution in [0.2, 0.25) is 0 Å². The number of hydrogen-bond acceptors (Lipinski definition) is 6. The summed E-state index contributed by atoms with van der Waals surface area (Å²) in [5.41, 5.74) is -0.0774. The van der Waals surface area contributed by atoms with Crippen molar-refractivity contribution < 1.29 is 24.2 Å². The van der Waals surface area contributed by atoms with E-state index in [1.807, 2.05) is 18.2 Å². The van der Waals surface area contributed by atoms with Crippen molar-refractivity contribution in [3.8, 4) is 0 Å². The fraction of sp³-hybridized carbons (Fsp3) is 0.680. The van der Waals surface area contributed by atoms with Gasteiger partial charge in [0.05, 0.1) is 14.8 Å². The second kappa shape index (κ2) is 7.57. The molecule has 0 bridgehead atoms. The van der Waals surface area contributed by atoms with Crippen LogP contribution in [0.1, 0.15) is 63.0 Å². The smallest absolute Gasteiger partial charge is 0.194 e. The van der Waals surface area contributed by atoms with Crippen LogP contribution in [0.3, 0.4) is 0 Å². The van der Waals surface area contributed by atoms with E-state index in [0.29, 0.717) is 30.1 Å². The first kappa shape index (κ1) is 21.7. The Kier molecular flexibility index (Phi) is 5.12. The summed E-state index contributed by atoms with van der Waals surface area (Å²) in [4.78, 5) is 26.3. The van der Waals surface area contributed by atoms with Crippen molar-refractivity contribution in [2.75, 3.05) is 6.61 Å². The second-order valence-corrected chi connectivity index (χ2v) is 13.0. The minimum atomic E-state index is -1.09. The lowest BCUT2D eigenvalue weighted by Gasteiger charge is -2.55. The average molecular weight is 521 g/mol. The van der Waals surface area contributed by atoms with Gasteiger partial charge in [0, 0.05) is 11.8 Å². The number of carbonyl (C=O) groups excluding carboxylic acids is 2. The third-order valence-electron chi connectivity index (χ3n) is 9.42. The molecule has 0 aromatic carbocycles. The molecule has 1 aliphatic heterocycles. The quantitative estimate of drug-likeness (QED) is 0.608. The Morgan fingerprint density at radius 1 is 1.25 bits per heavy atom. The Bertz CT molecular complexity index is 1000. The SMILES string of the molecule is C[C@]12CC[C@H]3[C@@H](CCC4=CC(=O)CC[C@@H]43)[C@@H]1C[C@H]1O[C@@H](c3ccc(Br)s3)O[C@]12C(=O)CO. The van der Waals surface area contributed by atoms with E-state index in [0.717, 1.165) is 47.2 Å². The van der Waals surface area contributed by atoms with Gasteiger partial charge in [0.15, 0.2) is 23.5 Å². The van der Waals surface area contributed by atoms with Crippen LogP contribution in [0, 0.1) is 29.1 Å².